The van der Waals surface area contributed by atoms with Crippen LogP contribution < -0.4 is 15.0 Å². The van der Waals surface area contributed by atoms with E-state index in [0.717, 1.165) is 43.7 Å². The van der Waals surface area contributed by atoms with Crippen LogP contribution in [-0.4, -0.2) is 61.7 Å². The maximum atomic E-state index is 12.8. The van der Waals surface area contributed by atoms with Gasteiger partial charge in [-0.05, 0) is 69.5 Å². The fourth-order valence-corrected chi connectivity index (χ4v) is 4.69. The van der Waals surface area contributed by atoms with Crippen LogP contribution in [0.1, 0.15) is 43.5 Å². The fourth-order valence-electron chi connectivity index (χ4n) is 4.69. The Morgan fingerprint density at radius 3 is 2.36 bits per heavy atom. The van der Waals surface area contributed by atoms with E-state index in [1.807, 2.05) is 29.2 Å². The Morgan fingerprint density at radius 2 is 1.67 bits per heavy atom. The first-order chi connectivity index (χ1) is 16.0. The van der Waals surface area contributed by atoms with Crippen LogP contribution in [0.4, 0.5) is 11.4 Å². The number of morpholine rings is 1. The number of para-hydroxylation sites is 2. The van der Waals surface area contributed by atoms with E-state index in [1.54, 1.807) is 24.3 Å². The zero-order valence-electron chi connectivity index (χ0n) is 19.5. The molecule has 2 amide bonds. The number of anilines is 2. The van der Waals surface area contributed by atoms with E-state index >= 15 is 0 Å². The molecule has 2 fully saturated rings. The number of benzene rings is 2. The van der Waals surface area contributed by atoms with Gasteiger partial charge in [0, 0.05) is 30.7 Å². The molecule has 0 aromatic heterocycles. The van der Waals surface area contributed by atoms with Gasteiger partial charge in [-0.1, -0.05) is 12.1 Å². The first-order valence-corrected chi connectivity index (χ1v) is 11.8. The van der Waals surface area contributed by atoms with Crippen LogP contribution in [-0.2, 0) is 9.53 Å². The molecule has 0 bridgehead atoms. The molecule has 1 N–H and O–H groups in total. The summed E-state index contributed by atoms with van der Waals surface area (Å²) in [6.45, 7) is 7.16. The molecule has 4 rings (SSSR count). The summed E-state index contributed by atoms with van der Waals surface area (Å²) in [7, 11) is 0. The lowest BCUT2D eigenvalue weighted by Crippen LogP contribution is -2.49. The molecule has 0 saturated carbocycles. The van der Waals surface area contributed by atoms with Crippen molar-refractivity contribution in [2.45, 2.75) is 45.2 Å². The Morgan fingerprint density at radius 1 is 1.00 bits per heavy atom. The summed E-state index contributed by atoms with van der Waals surface area (Å²) in [5, 5.41) is 3.02. The second kappa shape index (κ2) is 10.7. The van der Waals surface area contributed by atoms with Gasteiger partial charge in [-0.15, -0.1) is 0 Å². The first-order valence-electron chi connectivity index (χ1n) is 11.8. The van der Waals surface area contributed by atoms with Crippen molar-refractivity contribution in [2.75, 3.05) is 43.1 Å². The van der Waals surface area contributed by atoms with E-state index < -0.39 is 0 Å². The topological polar surface area (TPSA) is 71.1 Å². The van der Waals surface area contributed by atoms with Gasteiger partial charge in [0.25, 0.3) is 11.8 Å². The molecule has 7 heteroatoms. The number of nitrogens with one attached hydrogen (secondary N) is 1. The SMILES string of the molecule is C[C@@H]1CCC[C@@H](C)N1C(=O)COc1ccc(C(=O)Nc2ccccc2N2CCOCC2)cc1. The minimum absolute atomic E-state index is 0.00709. The van der Waals surface area contributed by atoms with Gasteiger partial charge in [0.1, 0.15) is 5.75 Å². The number of carbonyl (C=O) groups excluding carboxylic acids is 2. The van der Waals surface area contributed by atoms with Crippen molar-refractivity contribution in [2.24, 2.45) is 0 Å². The molecule has 176 valence electrons. The minimum atomic E-state index is -0.186. The second-order valence-electron chi connectivity index (χ2n) is 8.81. The Balaban J connectivity index is 1.35. The maximum absolute atomic E-state index is 12.8. The average molecular weight is 452 g/mol. The summed E-state index contributed by atoms with van der Waals surface area (Å²) >= 11 is 0. The lowest BCUT2D eigenvalue weighted by Gasteiger charge is -2.38. The van der Waals surface area contributed by atoms with Crippen LogP contribution in [0.15, 0.2) is 48.5 Å². The number of nitrogens with zero attached hydrogens (tertiary/aromatic N) is 2. The lowest BCUT2D eigenvalue weighted by atomic mass is 9.97. The smallest absolute Gasteiger partial charge is 0.260 e. The summed E-state index contributed by atoms with van der Waals surface area (Å²) in [6, 6.07) is 15.2. The van der Waals surface area contributed by atoms with Crippen LogP contribution in [0, 0.1) is 0 Å². The second-order valence-corrected chi connectivity index (χ2v) is 8.81. The molecule has 0 spiro atoms. The minimum Gasteiger partial charge on any atom is -0.484 e. The van der Waals surface area contributed by atoms with Crippen molar-refractivity contribution in [3.05, 3.63) is 54.1 Å². The van der Waals surface area contributed by atoms with Crippen LogP contribution in [0.3, 0.4) is 0 Å². The van der Waals surface area contributed by atoms with E-state index in [1.165, 1.54) is 0 Å². The maximum Gasteiger partial charge on any atom is 0.260 e. The van der Waals surface area contributed by atoms with E-state index in [2.05, 4.69) is 24.1 Å². The first kappa shape index (κ1) is 23.1. The summed E-state index contributed by atoms with van der Waals surface area (Å²) in [6.07, 6.45) is 3.23. The molecule has 2 aromatic carbocycles. The molecule has 0 radical (unpaired) electrons. The third-order valence-corrected chi connectivity index (χ3v) is 6.46. The van der Waals surface area contributed by atoms with Crippen molar-refractivity contribution < 1.29 is 19.1 Å². The van der Waals surface area contributed by atoms with Gasteiger partial charge < -0.3 is 24.6 Å². The third kappa shape index (κ3) is 5.66. The number of likely N-dealkylation sites (tertiary alicyclic amines) is 1. The Kier molecular flexibility index (Phi) is 7.50. The number of piperidine rings is 1. The molecular formula is C26H33N3O4. The fraction of sp³-hybridized carbons (Fsp3) is 0.462. The highest BCUT2D eigenvalue weighted by atomic mass is 16.5. The van der Waals surface area contributed by atoms with Gasteiger partial charge in [0.05, 0.1) is 24.6 Å². The molecule has 0 aliphatic carbocycles. The zero-order valence-corrected chi connectivity index (χ0v) is 19.5. The highest BCUT2D eigenvalue weighted by molar-refractivity contribution is 6.06. The predicted molar refractivity (Wildman–Crippen MR) is 129 cm³/mol. The molecule has 0 unspecified atom stereocenters. The molecule has 2 aromatic rings. The molecule has 2 heterocycles. The number of ether oxygens (including phenoxy) is 2. The summed E-state index contributed by atoms with van der Waals surface area (Å²) in [4.78, 5) is 29.7. The molecule has 2 aliphatic rings. The van der Waals surface area contributed by atoms with Crippen LogP contribution in [0.2, 0.25) is 0 Å². The van der Waals surface area contributed by atoms with E-state index in [-0.39, 0.29) is 30.5 Å². The van der Waals surface area contributed by atoms with Crippen LogP contribution in [0.5, 0.6) is 5.75 Å². The van der Waals surface area contributed by atoms with Crippen molar-refractivity contribution in [3.8, 4) is 5.75 Å². The van der Waals surface area contributed by atoms with Gasteiger partial charge in [0.2, 0.25) is 0 Å². The Bertz CT molecular complexity index is 946. The third-order valence-electron chi connectivity index (χ3n) is 6.46. The molecular weight excluding hydrogens is 418 g/mol. The highest BCUT2D eigenvalue weighted by Gasteiger charge is 2.29. The summed E-state index contributed by atoms with van der Waals surface area (Å²) < 4.78 is 11.2. The van der Waals surface area contributed by atoms with Crippen LogP contribution >= 0.6 is 0 Å². The van der Waals surface area contributed by atoms with Gasteiger partial charge in [-0.25, -0.2) is 0 Å². The number of amides is 2. The summed E-state index contributed by atoms with van der Waals surface area (Å²) in [5.41, 5.74) is 2.30. The standard InChI is InChI=1S/C26H33N3O4/c1-19-6-5-7-20(2)29(19)25(30)18-33-22-12-10-21(11-13-22)26(31)27-23-8-3-4-9-24(23)28-14-16-32-17-15-28/h3-4,8-13,19-20H,5-7,14-18H2,1-2H3,(H,27,31)/t19-,20-/m1/s1. The molecule has 7 nitrogen and oxygen atoms in total. The van der Waals surface area contributed by atoms with Crippen LogP contribution in [0.25, 0.3) is 0 Å². The number of carbonyl (C=O) groups is 2. The highest BCUT2D eigenvalue weighted by Crippen LogP contribution is 2.27. The monoisotopic (exact) mass is 451 g/mol. The van der Waals surface area contributed by atoms with E-state index in [4.69, 9.17) is 9.47 Å². The predicted octanol–water partition coefficient (Wildman–Crippen LogP) is 3.94. The Hall–Kier alpha value is -3.06. The number of hydrogen-bond donors (Lipinski definition) is 1. The van der Waals surface area contributed by atoms with E-state index in [0.29, 0.717) is 24.5 Å². The number of rotatable bonds is 6. The van der Waals surface area contributed by atoms with E-state index in [9.17, 15) is 9.59 Å². The normalized spacial score (nSPS) is 20.9. The van der Waals surface area contributed by atoms with Crippen molar-refractivity contribution in [1.29, 1.82) is 0 Å². The van der Waals surface area contributed by atoms with Crippen molar-refractivity contribution in [3.63, 3.8) is 0 Å². The molecule has 33 heavy (non-hydrogen) atoms. The summed E-state index contributed by atoms with van der Waals surface area (Å²) in [5.74, 6) is 0.400. The zero-order chi connectivity index (χ0) is 23.2. The lowest BCUT2D eigenvalue weighted by molar-refractivity contribution is -0.139. The Labute approximate surface area is 195 Å². The van der Waals surface area contributed by atoms with Crippen molar-refractivity contribution in [1.82, 2.24) is 4.90 Å². The quantitative estimate of drug-likeness (QED) is 0.720. The largest absolute Gasteiger partial charge is 0.484 e. The van der Waals surface area contributed by atoms with Gasteiger partial charge in [-0.2, -0.15) is 0 Å². The molecule has 2 aliphatic heterocycles. The number of hydrogen-bond acceptors (Lipinski definition) is 5. The molecule has 2 atom stereocenters. The van der Waals surface area contributed by atoms with Gasteiger partial charge in [0.15, 0.2) is 6.61 Å². The van der Waals surface area contributed by atoms with Gasteiger partial charge >= 0.3 is 0 Å². The van der Waals surface area contributed by atoms with Gasteiger partial charge in [-0.3, -0.25) is 9.59 Å². The molecule has 2 saturated heterocycles. The van der Waals surface area contributed by atoms with Crippen molar-refractivity contribution >= 4 is 23.2 Å². The average Bonchev–Trinajstić information content (AvgIpc) is 2.84.